The van der Waals surface area contributed by atoms with Crippen LogP contribution in [0, 0.1) is 5.41 Å². The maximum Gasteiger partial charge on any atom is 0.312 e. The van der Waals surface area contributed by atoms with Crippen LogP contribution in [0.15, 0.2) is 0 Å². The molecule has 0 spiro atoms. The molecule has 0 saturated carbocycles. The molecule has 5 nitrogen and oxygen atoms in total. The fraction of sp³-hybridized carbons (Fsp3) is 0.933. The molecular weight excluding hydrogens is 258 g/mol. The zero-order chi connectivity index (χ0) is 14.7. The molecule has 1 rings (SSSR count). The Morgan fingerprint density at radius 3 is 2.55 bits per heavy atom. The van der Waals surface area contributed by atoms with Gasteiger partial charge >= 0.3 is 5.97 Å². The first-order valence-corrected chi connectivity index (χ1v) is 7.70. The fourth-order valence-corrected chi connectivity index (χ4v) is 2.69. The van der Waals surface area contributed by atoms with Gasteiger partial charge in [0.25, 0.3) is 0 Å². The summed E-state index contributed by atoms with van der Waals surface area (Å²) in [4.78, 5) is 12.3. The van der Waals surface area contributed by atoms with Crippen molar-refractivity contribution in [3.8, 4) is 0 Å². The summed E-state index contributed by atoms with van der Waals surface area (Å²) in [5.41, 5.74) is -0.268. The quantitative estimate of drug-likeness (QED) is 0.490. The van der Waals surface area contributed by atoms with Crippen molar-refractivity contribution >= 4 is 5.97 Å². The van der Waals surface area contributed by atoms with Gasteiger partial charge in [-0.25, -0.2) is 0 Å². The number of rotatable bonds is 10. The molecule has 0 radical (unpaired) electrons. The average Bonchev–Trinajstić information content (AvgIpc) is 2.47. The molecule has 0 aliphatic carbocycles. The van der Waals surface area contributed by atoms with E-state index in [0.29, 0.717) is 26.4 Å². The lowest BCUT2D eigenvalue weighted by molar-refractivity contribution is -0.160. The third kappa shape index (κ3) is 5.77. The van der Waals surface area contributed by atoms with Gasteiger partial charge in [-0.05, 0) is 38.8 Å². The molecule has 1 fully saturated rings. The molecule has 0 amide bonds. The first kappa shape index (κ1) is 17.4. The molecule has 1 N–H and O–H groups in total. The number of ether oxygens (including phenoxy) is 3. The van der Waals surface area contributed by atoms with Gasteiger partial charge in [0, 0.05) is 20.3 Å². The van der Waals surface area contributed by atoms with Gasteiger partial charge in [0.1, 0.15) is 6.61 Å². The Morgan fingerprint density at radius 1 is 1.15 bits per heavy atom. The average molecular weight is 287 g/mol. The van der Waals surface area contributed by atoms with Gasteiger partial charge in [0.2, 0.25) is 0 Å². The fourth-order valence-electron chi connectivity index (χ4n) is 2.69. The van der Waals surface area contributed by atoms with Crippen molar-refractivity contribution in [2.75, 3.05) is 46.6 Å². The maximum atomic E-state index is 12.3. The van der Waals surface area contributed by atoms with Crippen LogP contribution in [0.2, 0.25) is 0 Å². The molecule has 0 aromatic heterocycles. The van der Waals surface area contributed by atoms with Crippen molar-refractivity contribution < 1.29 is 19.0 Å². The number of hydrogen-bond donors (Lipinski definition) is 1. The highest BCUT2D eigenvalue weighted by molar-refractivity contribution is 5.77. The van der Waals surface area contributed by atoms with Crippen molar-refractivity contribution in [2.24, 2.45) is 5.41 Å². The highest BCUT2D eigenvalue weighted by Gasteiger charge is 2.39. The summed E-state index contributed by atoms with van der Waals surface area (Å²) in [6.45, 7) is 6.10. The molecule has 0 unspecified atom stereocenters. The Bertz CT molecular complexity index is 259. The smallest absolute Gasteiger partial charge is 0.312 e. The zero-order valence-corrected chi connectivity index (χ0v) is 12.9. The molecule has 118 valence electrons. The minimum atomic E-state index is -0.268. The second-order valence-electron chi connectivity index (χ2n) is 5.37. The van der Waals surface area contributed by atoms with Crippen LogP contribution >= 0.6 is 0 Å². The highest BCUT2D eigenvalue weighted by atomic mass is 16.6. The number of piperidine rings is 1. The Labute approximate surface area is 122 Å². The van der Waals surface area contributed by atoms with Crippen LogP contribution in [0.4, 0.5) is 0 Å². The molecule has 0 bridgehead atoms. The molecule has 20 heavy (non-hydrogen) atoms. The Hall–Kier alpha value is -0.650. The third-order valence-corrected chi connectivity index (χ3v) is 3.82. The first-order valence-electron chi connectivity index (χ1n) is 7.70. The van der Waals surface area contributed by atoms with E-state index in [1.165, 1.54) is 0 Å². The summed E-state index contributed by atoms with van der Waals surface area (Å²) in [5, 5.41) is 3.30. The van der Waals surface area contributed by atoms with Crippen LogP contribution in [0.3, 0.4) is 0 Å². The number of hydrogen-bond acceptors (Lipinski definition) is 5. The summed E-state index contributed by atoms with van der Waals surface area (Å²) >= 11 is 0. The monoisotopic (exact) mass is 287 g/mol. The van der Waals surface area contributed by atoms with E-state index in [4.69, 9.17) is 14.2 Å². The van der Waals surface area contributed by atoms with Crippen LogP contribution in [0.25, 0.3) is 0 Å². The molecular formula is C15H29NO4. The van der Waals surface area contributed by atoms with Crippen LogP contribution < -0.4 is 5.32 Å². The summed E-state index contributed by atoms with van der Waals surface area (Å²) < 4.78 is 15.8. The van der Waals surface area contributed by atoms with E-state index in [1.807, 2.05) is 0 Å². The number of methoxy groups -OCH3 is 1. The van der Waals surface area contributed by atoms with Crippen LogP contribution in [-0.4, -0.2) is 52.6 Å². The van der Waals surface area contributed by atoms with Crippen molar-refractivity contribution in [2.45, 2.75) is 39.0 Å². The van der Waals surface area contributed by atoms with Gasteiger partial charge < -0.3 is 19.5 Å². The summed E-state index contributed by atoms with van der Waals surface area (Å²) in [5.74, 6) is -0.0404. The van der Waals surface area contributed by atoms with Crippen LogP contribution in [-0.2, 0) is 19.0 Å². The number of carbonyl (C=O) groups is 1. The molecule has 1 aliphatic heterocycles. The Kier molecular flexibility index (Phi) is 8.82. The van der Waals surface area contributed by atoms with Crippen molar-refractivity contribution in [3.05, 3.63) is 0 Å². The van der Waals surface area contributed by atoms with E-state index in [-0.39, 0.29) is 11.4 Å². The van der Waals surface area contributed by atoms with Gasteiger partial charge in [-0.15, -0.1) is 0 Å². The van der Waals surface area contributed by atoms with E-state index in [0.717, 1.165) is 45.2 Å². The minimum Gasteiger partial charge on any atom is -0.463 e. The largest absolute Gasteiger partial charge is 0.463 e. The van der Waals surface area contributed by atoms with E-state index in [1.54, 1.807) is 7.11 Å². The first-order chi connectivity index (χ1) is 9.75. The van der Waals surface area contributed by atoms with Gasteiger partial charge in [0.05, 0.1) is 12.0 Å². The highest BCUT2D eigenvalue weighted by Crippen LogP contribution is 2.35. The SMILES string of the molecule is CCCC1(C(=O)OCCOCCCOC)CCNCC1. The summed E-state index contributed by atoms with van der Waals surface area (Å²) in [6, 6.07) is 0. The standard InChI is InChI=1S/C15H29NO4/c1-3-5-15(6-8-16-9-7-15)14(17)20-13-12-19-11-4-10-18-2/h16H,3-13H2,1-2H3. The van der Waals surface area contributed by atoms with Gasteiger partial charge in [-0.2, -0.15) is 0 Å². The summed E-state index contributed by atoms with van der Waals surface area (Å²) in [7, 11) is 1.67. The van der Waals surface area contributed by atoms with Gasteiger partial charge in [0.15, 0.2) is 0 Å². The van der Waals surface area contributed by atoms with Crippen molar-refractivity contribution in [1.29, 1.82) is 0 Å². The molecule has 1 heterocycles. The van der Waals surface area contributed by atoms with Crippen LogP contribution in [0.1, 0.15) is 39.0 Å². The predicted octanol–water partition coefficient (Wildman–Crippen LogP) is 1.75. The van der Waals surface area contributed by atoms with Gasteiger partial charge in [-0.3, -0.25) is 4.79 Å². The lowest BCUT2D eigenvalue weighted by Crippen LogP contribution is -2.43. The number of esters is 1. The lowest BCUT2D eigenvalue weighted by Gasteiger charge is -2.35. The van der Waals surface area contributed by atoms with E-state index in [9.17, 15) is 4.79 Å². The number of nitrogens with one attached hydrogen (secondary N) is 1. The summed E-state index contributed by atoms with van der Waals surface area (Å²) in [6.07, 6.45) is 4.57. The van der Waals surface area contributed by atoms with Gasteiger partial charge in [-0.1, -0.05) is 13.3 Å². The molecule has 1 saturated heterocycles. The van der Waals surface area contributed by atoms with E-state index < -0.39 is 0 Å². The molecule has 5 heteroatoms. The maximum absolute atomic E-state index is 12.3. The minimum absolute atomic E-state index is 0.0404. The topological polar surface area (TPSA) is 56.8 Å². The molecule has 0 aromatic rings. The third-order valence-electron chi connectivity index (χ3n) is 3.82. The normalized spacial score (nSPS) is 17.9. The Balaban J connectivity index is 2.21. The second-order valence-corrected chi connectivity index (χ2v) is 5.37. The van der Waals surface area contributed by atoms with E-state index >= 15 is 0 Å². The van der Waals surface area contributed by atoms with Crippen molar-refractivity contribution in [1.82, 2.24) is 5.32 Å². The molecule has 1 aliphatic rings. The zero-order valence-electron chi connectivity index (χ0n) is 12.9. The predicted molar refractivity (Wildman–Crippen MR) is 77.7 cm³/mol. The molecule has 0 atom stereocenters. The van der Waals surface area contributed by atoms with E-state index in [2.05, 4.69) is 12.2 Å². The van der Waals surface area contributed by atoms with Crippen LogP contribution in [0.5, 0.6) is 0 Å². The Morgan fingerprint density at radius 2 is 1.90 bits per heavy atom. The second kappa shape index (κ2) is 10.1. The molecule has 0 aromatic carbocycles. The number of carbonyl (C=O) groups excluding carboxylic acids is 1. The van der Waals surface area contributed by atoms with Crippen molar-refractivity contribution in [3.63, 3.8) is 0 Å². The lowest BCUT2D eigenvalue weighted by atomic mass is 9.75.